The predicted octanol–water partition coefficient (Wildman–Crippen LogP) is 2.34. The van der Waals surface area contributed by atoms with Crippen molar-refractivity contribution in [2.75, 3.05) is 7.11 Å². The number of ether oxygens (including phenoxy) is 1. The predicted molar refractivity (Wildman–Crippen MR) is 69.0 cm³/mol. The lowest BCUT2D eigenvalue weighted by atomic mass is 9.89. The minimum absolute atomic E-state index is 0.145. The summed E-state index contributed by atoms with van der Waals surface area (Å²) in [5.41, 5.74) is -0.166. The summed E-state index contributed by atoms with van der Waals surface area (Å²) in [6, 6.07) is 0. The van der Waals surface area contributed by atoms with Gasteiger partial charge in [0.15, 0.2) is 5.15 Å². The van der Waals surface area contributed by atoms with Crippen molar-refractivity contribution in [3.63, 3.8) is 0 Å². The molecule has 2 aliphatic carbocycles. The van der Waals surface area contributed by atoms with E-state index in [4.69, 9.17) is 16.3 Å². The molecule has 3 atom stereocenters. The van der Waals surface area contributed by atoms with Gasteiger partial charge in [0.2, 0.25) is 5.75 Å². The zero-order valence-corrected chi connectivity index (χ0v) is 11.2. The highest BCUT2D eigenvalue weighted by Gasteiger charge is 2.39. The molecule has 0 radical (unpaired) electrons. The SMILES string of the molecule is COc1c(Cl)ncn(CC2CC3CCC2C3)c1=O. The fraction of sp³-hybridized carbons (Fsp3) is 0.692. The molecule has 5 heteroatoms. The highest BCUT2D eigenvalue weighted by Crippen LogP contribution is 2.48. The third-order valence-corrected chi connectivity index (χ3v) is 4.74. The van der Waals surface area contributed by atoms with Gasteiger partial charge in [-0.25, -0.2) is 4.98 Å². The van der Waals surface area contributed by atoms with Crippen molar-refractivity contribution in [1.82, 2.24) is 9.55 Å². The second-order valence-electron chi connectivity index (χ2n) is 5.46. The summed E-state index contributed by atoms with van der Waals surface area (Å²) in [5.74, 6) is 2.46. The second kappa shape index (κ2) is 4.57. The van der Waals surface area contributed by atoms with Crippen LogP contribution in [0, 0.1) is 17.8 Å². The van der Waals surface area contributed by atoms with Gasteiger partial charge < -0.3 is 4.74 Å². The molecule has 0 aliphatic heterocycles. The average Bonchev–Trinajstić information content (AvgIpc) is 2.95. The molecule has 0 N–H and O–H groups in total. The molecule has 0 spiro atoms. The summed E-state index contributed by atoms with van der Waals surface area (Å²) in [5, 5.41) is 0.145. The van der Waals surface area contributed by atoms with E-state index < -0.39 is 0 Å². The van der Waals surface area contributed by atoms with Crippen LogP contribution in [0.2, 0.25) is 5.15 Å². The molecule has 0 saturated heterocycles. The van der Waals surface area contributed by atoms with E-state index >= 15 is 0 Å². The van der Waals surface area contributed by atoms with Gasteiger partial charge in [0.05, 0.1) is 13.4 Å². The maximum Gasteiger partial charge on any atom is 0.297 e. The maximum atomic E-state index is 12.1. The monoisotopic (exact) mass is 268 g/mol. The number of methoxy groups -OCH3 is 1. The van der Waals surface area contributed by atoms with Crippen LogP contribution in [0.5, 0.6) is 5.75 Å². The molecule has 98 valence electrons. The Hall–Kier alpha value is -1.03. The molecular weight excluding hydrogens is 252 g/mol. The van der Waals surface area contributed by atoms with Crippen LogP contribution in [-0.4, -0.2) is 16.7 Å². The van der Waals surface area contributed by atoms with Gasteiger partial charge in [0, 0.05) is 6.54 Å². The van der Waals surface area contributed by atoms with Gasteiger partial charge in [-0.1, -0.05) is 18.0 Å². The molecule has 2 fully saturated rings. The minimum Gasteiger partial charge on any atom is -0.489 e. The van der Waals surface area contributed by atoms with Crippen molar-refractivity contribution in [3.05, 3.63) is 21.8 Å². The lowest BCUT2D eigenvalue weighted by molar-refractivity contribution is 0.288. The van der Waals surface area contributed by atoms with Gasteiger partial charge in [-0.3, -0.25) is 9.36 Å². The molecule has 2 aliphatic rings. The van der Waals surface area contributed by atoms with E-state index in [-0.39, 0.29) is 16.5 Å². The Morgan fingerprint density at radius 1 is 1.50 bits per heavy atom. The third kappa shape index (κ3) is 1.92. The van der Waals surface area contributed by atoms with Gasteiger partial charge >= 0.3 is 0 Å². The molecule has 0 amide bonds. The quantitative estimate of drug-likeness (QED) is 0.791. The van der Waals surface area contributed by atoms with Crippen LogP contribution in [0.1, 0.15) is 25.7 Å². The van der Waals surface area contributed by atoms with Gasteiger partial charge in [0.25, 0.3) is 5.56 Å². The molecule has 2 bridgehead atoms. The number of hydrogen-bond donors (Lipinski definition) is 0. The topological polar surface area (TPSA) is 44.1 Å². The minimum atomic E-state index is -0.166. The number of nitrogens with zero attached hydrogens (tertiary/aromatic N) is 2. The number of halogens is 1. The van der Waals surface area contributed by atoms with Gasteiger partial charge in [-0.05, 0) is 37.0 Å². The van der Waals surface area contributed by atoms with E-state index in [1.165, 1.54) is 32.8 Å². The first-order valence-corrected chi connectivity index (χ1v) is 6.85. The summed E-state index contributed by atoms with van der Waals surface area (Å²) in [7, 11) is 1.45. The molecule has 3 rings (SSSR count). The largest absolute Gasteiger partial charge is 0.489 e. The Labute approximate surface area is 111 Å². The molecule has 0 aromatic carbocycles. The Morgan fingerprint density at radius 3 is 2.94 bits per heavy atom. The zero-order chi connectivity index (χ0) is 12.7. The third-order valence-electron chi connectivity index (χ3n) is 4.47. The van der Waals surface area contributed by atoms with Crippen molar-refractivity contribution in [3.8, 4) is 5.75 Å². The highest BCUT2D eigenvalue weighted by molar-refractivity contribution is 6.30. The standard InChI is InChI=1S/C13H17ClN2O2/c1-18-11-12(14)15-7-16(13(11)17)6-10-5-8-2-3-9(10)4-8/h7-10H,2-6H2,1H3. The van der Waals surface area contributed by atoms with Gasteiger partial charge in [0.1, 0.15) is 0 Å². The molecule has 2 saturated carbocycles. The Balaban J connectivity index is 1.83. The Kier molecular flexibility index (Phi) is 3.06. The first-order valence-electron chi connectivity index (χ1n) is 6.48. The fourth-order valence-corrected chi connectivity index (χ4v) is 3.81. The van der Waals surface area contributed by atoms with Gasteiger partial charge in [-0.15, -0.1) is 0 Å². The van der Waals surface area contributed by atoms with Crippen LogP contribution in [-0.2, 0) is 6.54 Å². The van der Waals surface area contributed by atoms with Crippen molar-refractivity contribution in [2.24, 2.45) is 17.8 Å². The molecular formula is C13H17ClN2O2. The van der Waals surface area contributed by atoms with Crippen LogP contribution in [0.15, 0.2) is 11.1 Å². The second-order valence-corrected chi connectivity index (χ2v) is 5.82. The van der Waals surface area contributed by atoms with Crippen LogP contribution < -0.4 is 10.3 Å². The van der Waals surface area contributed by atoms with Crippen LogP contribution in [0.3, 0.4) is 0 Å². The summed E-state index contributed by atoms with van der Waals surface area (Å²) >= 11 is 5.83. The molecule has 4 nitrogen and oxygen atoms in total. The normalized spacial score (nSPS) is 29.8. The molecule has 1 aromatic heterocycles. The van der Waals surface area contributed by atoms with Crippen molar-refractivity contribution >= 4 is 11.6 Å². The Morgan fingerprint density at radius 2 is 2.33 bits per heavy atom. The Bertz CT molecular complexity index is 514. The van der Waals surface area contributed by atoms with E-state index in [2.05, 4.69) is 4.98 Å². The smallest absolute Gasteiger partial charge is 0.297 e. The lowest BCUT2D eigenvalue weighted by Gasteiger charge is -2.22. The summed E-state index contributed by atoms with van der Waals surface area (Å²) < 4.78 is 6.66. The van der Waals surface area contributed by atoms with Crippen molar-refractivity contribution in [2.45, 2.75) is 32.2 Å². The van der Waals surface area contributed by atoms with Crippen molar-refractivity contribution in [1.29, 1.82) is 0 Å². The van der Waals surface area contributed by atoms with Gasteiger partial charge in [-0.2, -0.15) is 0 Å². The molecule has 3 unspecified atom stereocenters. The lowest BCUT2D eigenvalue weighted by Crippen LogP contribution is -2.27. The number of aromatic nitrogens is 2. The average molecular weight is 269 g/mol. The zero-order valence-electron chi connectivity index (χ0n) is 10.4. The number of hydrogen-bond acceptors (Lipinski definition) is 3. The fourth-order valence-electron chi connectivity index (χ4n) is 3.60. The van der Waals surface area contributed by atoms with E-state index in [9.17, 15) is 4.79 Å². The molecule has 1 aromatic rings. The van der Waals surface area contributed by atoms with E-state index in [0.717, 1.165) is 18.4 Å². The van der Waals surface area contributed by atoms with Crippen LogP contribution in [0.4, 0.5) is 0 Å². The molecule has 18 heavy (non-hydrogen) atoms. The molecule has 1 heterocycles. The summed E-state index contributed by atoms with van der Waals surface area (Å²) in [6.45, 7) is 0.751. The number of fused-ring (bicyclic) bond motifs is 2. The van der Waals surface area contributed by atoms with Crippen LogP contribution in [0.25, 0.3) is 0 Å². The van der Waals surface area contributed by atoms with Crippen molar-refractivity contribution < 1.29 is 4.74 Å². The first kappa shape index (κ1) is 12.0. The summed E-state index contributed by atoms with van der Waals surface area (Å²) in [4.78, 5) is 16.1. The number of rotatable bonds is 3. The maximum absolute atomic E-state index is 12.1. The van der Waals surface area contributed by atoms with E-state index in [1.54, 1.807) is 10.9 Å². The highest BCUT2D eigenvalue weighted by atomic mass is 35.5. The van der Waals surface area contributed by atoms with E-state index in [1.807, 2.05) is 0 Å². The first-order chi connectivity index (χ1) is 8.69. The van der Waals surface area contributed by atoms with E-state index in [0.29, 0.717) is 5.92 Å². The summed E-state index contributed by atoms with van der Waals surface area (Å²) in [6.07, 6.45) is 6.83. The van der Waals surface area contributed by atoms with Crippen LogP contribution >= 0.6 is 11.6 Å².